The maximum absolute atomic E-state index is 12.2. The first-order valence-corrected chi connectivity index (χ1v) is 9.19. The van der Waals surface area contributed by atoms with E-state index in [4.69, 9.17) is 16.3 Å². The molecule has 1 N–H and O–H groups in total. The third kappa shape index (κ3) is 6.26. The predicted molar refractivity (Wildman–Crippen MR) is 110 cm³/mol. The van der Waals surface area contributed by atoms with E-state index >= 15 is 0 Å². The number of esters is 1. The van der Waals surface area contributed by atoms with Gasteiger partial charge < -0.3 is 10.1 Å². The molecule has 0 radical (unpaired) electrons. The number of benzene rings is 2. The summed E-state index contributed by atoms with van der Waals surface area (Å²) in [5.41, 5.74) is 3.60. The van der Waals surface area contributed by atoms with Crippen LogP contribution in [0.3, 0.4) is 0 Å². The largest absolute Gasteiger partial charge is 0.449 e. The topological polar surface area (TPSA) is 55.4 Å². The monoisotopic (exact) mass is 385 g/mol. The Kier molecular flexibility index (Phi) is 7.19. The molecule has 0 aliphatic carbocycles. The molecule has 0 saturated heterocycles. The van der Waals surface area contributed by atoms with Gasteiger partial charge in [0.2, 0.25) is 0 Å². The summed E-state index contributed by atoms with van der Waals surface area (Å²) in [6.07, 6.45) is 2.05. The second-order valence-corrected chi connectivity index (χ2v) is 7.09. The second-order valence-electron chi connectivity index (χ2n) is 6.69. The van der Waals surface area contributed by atoms with E-state index in [0.717, 1.165) is 11.1 Å². The van der Waals surface area contributed by atoms with Crippen LogP contribution in [0, 0.1) is 6.92 Å². The summed E-state index contributed by atoms with van der Waals surface area (Å²) in [6, 6.07) is 13.1. The van der Waals surface area contributed by atoms with Crippen LogP contribution >= 0.6 is 11.6 Å². The lowest BCUT2D eigenvalue weighted by atomic mass is 10.0. The van der Waals surface area contributed by atoms with Crippen molar-refractivity contribution in [2.75, 3.05) is 5.32 Å². The summed E-state index contributed by atoms with van der Waals surface area (Å²) < 4.78 is 5.15. The zero-order chi connectivity index (χ0) is 20.0. The Morgan fingerprint density at radius 1 is 1.07 bits per heavy atom. The number of amides is 1. The van der Waals surface area contributed by atoms with Crippen molar-refractivity contribution in [3.63, 3.8) is 0 Å². The highest BCUT2D eigenvalue weighted by Crippen LogP contribution is 2.20. The zero-order valence-corrected chi connectivity index (χ0v) is 16.7. The lowest BCUT2D eigenvalue weighted by Crippen LogP contribution is -2.29. The molecule has 0 bridgehead atoms. The molecule has 142 valence electrons. The molecule has 5 heteroatoms. The van der Waals surface area contributed by atoms with Crippen molar-refractivity contribution < 1.29 is 14.3 Å². The molecule has 27 heavy (non-hydrogen) atoms. The summed E-state index contributed by atoms with van der Waals surface area (Å²) in [4.78, 5) is 24.1. The van der Waals surface area contributed by atoms with Crippen LogP contribution < -0.4 is 5.32 Å². The zero-order valence-electron chi connectivity index (χ0n) is 16.0. The highest BCUT2D eigenvalue weighted by atomic mass is 35.5. The maximum atomic E-state index is 12.2. The number of halogens is 1. The van der Waals surface area contributed by atoms with Gasteiger partial charge in [0.05, 0.1) is 0 Å². The van der Waals surface area contributed by atoms with Crippen LogP contribution in [0.4, 0.5) is 5.69 Å². The van der Waals surface area contributed by atoms with Crippen molar-refractivity contribution >= 4 is 35.2 Å². The van der Waals surface area contributed by atoms with E-state index in [9.17, 15) is 9.59 Å². The lowest BCUT2D eigenvalue weighted by molar-refractivity contribution is -0.148. The van der Waals surface area contributed by atoms with Gasteiger partial charge in [0.1, 0.15) is 0 Å². The van der Waals surface area contributed by atoms with Gasteiger partial charge in [-0.05, 0) is 54.7 Å². The van der Waals surface area contributed by atoms with Crippen LogP contribution in [-0.4, -0.2) is 18.0 Å². The van der Waals surface area contributed by atoms with Gasteiger partial charge in [-0.15, -0.1) is 0 Å². The molecule has 1 atom stereocenters. The van der Waals surface area contributed by atoms with Crippen LogP contribution in [-0.2, 0) is 14.3 Å². The second kappa shape index (κ2) is 9.38. The Morgan fingerprint density at radius 2 is 1.74 bits per heavy atom. The highest BCUT2D eigenvalue weighted by molar-refractivity contribution is 6.31. The average molecular weight is 386 g/mol. The molecular weight excluding hydrogens is 362 g/mol. The third-order valence-corrected chi connectivity index (χ3v) is 4.52. The number of rotatable bonds is 6. The Morgan fingerprint density at radius 3 is 2.33 bits per heavy atom. The van der Waals surface area contributed by atoms with Crippen LogP contribution in [0.15, 0.2) is 48.5 Å². The smallest absolute Gasteiger partial charge is 0.331 e. The van der Waals surface area contributed by atoms with Gasteiger partial charge in [-0.3, -0.25) is 4.79 Å². The van der Waals surface area contributed by atoms with E-state index in [1.165, 1.54) is 18.6 Å². The molecule has 4 nitrogen and oxygen atoms in total. The Labute approximate surface area is 165 Å². The minimum atomic E-state index is -0.925. The van der Waals surface area contributed by atoms with E-state index in [1.807, 2.05) is 37.3 Å². The summed E-state index contributed by atoms with van der Waals surface area (Å²) in [7, 11) is 0. The van der Waals surface area contributed by atoms with Crippen LogP contribution in [0.1, 0.15) is 43.4 Å². The molecular formula is C22H24ClNO3. The SMILES string of the molecule is Cc1ccc(NC(=O)C(C)OC(=O)/C=C/c2ccc(C(C)C)cc2)cc1Cl. The standard InChI is InChI=1S/C22H24ClNO3/c1-14(2)18-9-6-17(7-10-18)8-12-21(25)27-16(4)22(26)24-19-11-5-15(3)20(23)13-19/h5-14,16H,1-4H3,(H,24,26)/b12-8+. The van der Waals surface area contributed by atoms with Crippen molar-refractivity contribution in [2.24, 2.45) is 0 Å². The third-order valence-electron chi connectivity index (χ3n) is 4.12. The predicted octanol–water partition coefficient (Wildman–Crippen LogP) is 5.36. The maximum Gasteiger partial charge on any atom is 0.331 e. The van der Waals surface area contributed by atoms with Gasteiger partial charge in [0.25, 0.3) is 5.91 Å². The highest BCUT2D eigenvalue weighted by Gasteiger charge is 2.17. The van der Waals surface area contributed by atoms with Gasteiger partial charge in [-0.1, -0.05) is 55.8 Å². The average Bonchev–Trinajstić information content (AvgIpc) is 2.63. The molecule has 1 amide bonds. The van der Waals surface area contributed by atoms with E-state index in [-0.39, 0.29) is 0 Å². The summed E-state index contributed by atoms with van der Waals surface area (Å²) in [5.74, 6) is -0.541. The number of hydrogen-bond donors (Lipinski definition) is 1. The molecule has 0 fully saturated rings. The quantitative estimate of drug-likeness (QED) is 0.538. The van der Waals surface area contributed by atoms with E-state index in [1.54, 1.807) is 18.2 Å². The van der Waals surface area contributed by atoms with Gasteiger partial charge in [-0.25, -0.2) is 4.79 Å². The number of nitrogens with one attached hydrogen (secondary N) is 1. The van der Waals surface area contributed by atoms with Gasteiger partial charge in [-0.2, -0.15) is 0 Å². The van der Waals surface area contributed by atoms with Crippen molar-refractivity contribution in [1.82, 2.24) is 0 Å². The number of hydrogen-bond acceptors (Lipinski definition) is 3. The fourth-order valence-electron chi connectivity index (χ4n) is 2.34. The first-order valence-electron chi connectivity index (χ1n) is 8.82. The number of carbonyl (C=O) groups excluding carboxylic acids is 2. The number of carbonyl (C=O) groups is 2. The molecule has 2 aromatic rings. The normalized spacial score (nSPS) is 12.2. The minimum Gasteiger partial charge on any atom is -0.449 e. The summed E-state index contributed by atoms with van der Waals surface area (Å²) in [6.45, 7) is 7.65. The summed E-state index contributed by atoms with van der Waals surface area (Å²) in [5, 5.41) is 3.24. The van der Waals surface area contributed by atoms with E-state index in [0.29, 0.717) is 16.6 Å². The van der Waals surface area contributed by atoms with Gasteiger partial charge in [0, 0.05) is 16.8 Å². The number of ether oxygens (including phenoxy) is 1. The van der Waals surface area contributed by atoms with Crippen LogP contribution in [0.2, 0.25) is 5.02 Å². The molecule has 0 aromatic heterocycles. The van der Waals surface area contributed by atoms with Crippen LogP contribution in [0.25, 0.3) is 6.08 Å². The van der Waals surface area contributed by atoms with E-state index < -0.39 is 18.0 Å². The fourth-order valence-corrected chi connectivity index (χ4v) is 2.52. The molecule has 0 saturated carbocycles. The molecule has 0 aliphatic rings. The number of aryl methyl sites for hydroxylation is 1. The van der Waals surface area contributed by atoms with Crippen LogP contribution in [0.5, 0.6) is 0 Å². The van der Waals surface area contributed by atoms with Gasteiger partial charge >= 0.3 is 5.97 Å². The van der Waals surface area contributed by atoms with Crippen molar-refractivity contribution in [2.45, 2.75) is 39.7 Å². The Bertz CT molecular complexity index is 841. The Balaban J connectivity index is 1.89. The number of anilines is 1. The molecule has 0 heterocycles. The molecule has 2 aromatic carbocycles. The van der Waals surface area contributed by atoms with E-state index in [2.05, 4.69) is 19.2 Å². The van der Waals surface area contributed by atoms with Crippen molar-refractivity contribution in [1.29, 1.82) is 0 Å². The first kappa shape index (κ1) is 20.7. The Hall–Kier alpha value is -2.59. The molecule has 0 spiro atoms. The molecule has 1 unspecified atom stereocenters. The molecule has 0 aliphatic heterocycles. The van der Waals surface area contributed by atoms with Gasteiger partial charge in [0.15, 0.2) is 6.10 Å². The lowest BCUT2D eigenvalue weighted by Gasteiger charge is -2.13. The first-order chi connectivity index (χ1) is 12.8. The van der Waals surface area contributed by atoms with Crippen molar-refractivity contribution in [3.05, 3.63) is 70.3 Å². The minimum absolute atomic E-state index is 0.419. The summed E-state index contributed by atoms with van der Waals surface area (Å²) >= 11 is 6.04. The fraction of sp³-hybridized carbons (Fsp3) is 0.273. The van der Waals surface area contributed by atoms with Crippen molar-refractivity contribution in [3.8, 4) is 0 Å². The molecule has 2 rings (SSSR count).